The average Bonchev–Trinajstić information content (AvgIpc) is 3.07. The van der Waals surface area contributed by atoms with Crippen LogP contribution in [-0.2, 0) is 11.2 Å². The Kier molecular flexibility index (Phi) is 6.72. The Labute approximate surface area is 193 Å². The minimum Gasteiger partial charge on any atom is -0.505 e. The summed E-state index contributed by atoms with van der Waals surface area (Å²) in [6.45, 7) is 3.71. The zero-order chi connectivity index (χ0) is 22.3. The Bertz CT molecular complexity index is 1040. The van der Waals surface area contributed by atoms with Crippen LogP contribution in [0.3, 0.4) is 0 Å². The molecule has 6 nitrogen and oxygen atoms in total. The van der Waals surface area contributed by atoms with Gasteiger partial charge >= 0.3 is 5.97 Å². The number of cyclic esters (lactones) is 1. The van der Waals surface area contributed by atoms with E-state index in [-0.39, 0.29) is 54.2 Å². The molecule has 1 heterocycles. The second-order valence-corrected chi connectivity index (χ2v) is 8.08. The highest BCUT2D eigenvalue weighted by atomic mass is 35.5. The van der Waals surface area contributed by atoms with Crippen LogP contribution in [0.1, 0.15) is 54.3 Å². The maximum absolute atomic E-state index is 12.6. The molecule has 0 saturated carbocycles. The molecule has 2 aromatic carbocycles. The third-order valence-electron chi connectivity index (χ3n) is 4.76. The van der Waals surface area contributed by atoms with Crippen molar-refractivity contribution in [2.45, 2.75) is 39.2 Å². The molecule has 0 amide bonds. The van der Waals surface area contributed by atoms with Crippen molar-refractivity contribution in [3.8, 4) is 28.7 Å². The van der Waals surface area contributed by atoms with Crippen molar-refractivity contribution in [1.29, 1.82) is 0 Å². The molecular formula is C20H18Cl4O6. The molecule has 0 aromatic heterocycles. The second kappa shape index (κ2) is 8.79. The van der Waals surface area contributed by atoms with Gasteiger partial charge in [-0.2, -0.15) is 0 Å². The first-order chi connectivity index (χ1) is 14.2. The molecular weight excluding hydrogens is 478 g/mol. The Morgan fingerprint density at radius 2 is 1.53 bits per heavy atom. The monoisotopic (exact) mass is 494 g/mol. The highest BCUT2D eigenvalue weighted by Crippen LogP contribution is 2.56. The molecule has 162 valence electrons. The molecule has 0 fully saturated rings. The highest BCUT2D eigenvalue weighted by molar-refractivity contribution is 6.40. The molecule has 3 rings (SSSR count). The highest BCUT2D eigenvalue weighted by Gasteiger charge is 2.40. The van der Waals surface area contributed by atoms with E-state index in [1.165, 1.54) is 7.11 Å². The first-order valence-electron chi connectivity index (χ1n) is 9.08. The number of fused-ring (bicyclic) bond motifs is 1. The average molecular weight is 496 g/mol. The fraction of sp³-hybridized carbons (Fsp3) is 0.350. The van der Waals surface area contributed by atoms with Crippen molar-refractivity contribution in [2.75, 3.05) is 7.11 Å². The standard InChI is InChI=1S/C20H18Cl4O6/c1-4-6-7-11(21)15(25)14(24)19(28-3)17(7)30-18-10-9(8(5-2)29-20(10)27)12(22)16(26)13(18)23/h8,25-26H,4-6H2,1-3H3. The van der Waals surface area contributed by atoms with Gasteiger partial charge in [0, 0.05) is 11.1 Å². The Balaban J connectivity index is 2.32. The first-order valence-corrected chi connectivity index (χ1v) is 10.6. The lowest BCUT2D eigenvalue weighted by molar-refractivity contribution is 0.0377. The van der Waals surface area contributed by atoms with Gasteiger partial charge in [-0.05, 0) is 12.8 Å². The largest absolute Gasteiger partial charge is 0.505 e. The fourth-order valence-electron chi connectivity index (χ4n) is 3.36. The number of esters is 1. The van der Waals surface area contributed by atoms with Crippen LogP contribution in [0.4, 0.5) is 0 Å². The minimum absolute atomic E-state index is 0.000297. The van der Waals surface area contributed by atoms with E-state index in [9.17, 15) is 15.0 Å². The van der Waals surface area contributed by atoms with Crippen LogP contribution in [-0.4, -0.2) is 23.3 Å². The fourth-order valence-corrected chi connectivity index (χ4v) is 4.52. The summed E-state index contributed by atoms with van der Waals surface area (Å²) < 4.78 is 16.7. The lowest BCUT2D eigenvalue weighted by Crippen LogP contribution is -2.03. The number of carbonyl (C=O) groups excluding carboxylic acids is 1. The molecule has 1 unspecified atom stereocenters. The molecule has 30 heavy (non-hydrogen) atoms. The van der Waals surface area contributed by atoms with Gasteiger partial charge in [0.1, 0.15) is 21.7 Å². The van der Waals surface area contributed by atoms with Gasteiger partial charge in [0.05, 0.1) is 17.2 Å². The first kappa shape index (κ1) is 22.9. The molecule has 0 spiro atoms. The van der Waals surface area contributed by atoms with E-state index in [0.717, 1.165) is 0 Å². The van der Waals surface area contributed by atoms with Gasteiger partial charge in [-0.15, -0.1) is 0 Å². The SMILES string of the molecule is CCCc1c(Cl)c(O)c(Cl)c(OC)c1Oc1c(Cl)c(O)c(Cl)c2c1C(=O)OC2CC. The number of ether oxygens (including phenoxy) is 3. The summed E-state index contributed by atoms with van der Waals surface area (Å²) in [6.07, 6.45) is 0.823. The summed E-state index contributed by atoms with van der Waals surface area (Å²) in [5.41, 5.74) is 0.683. The molecule has 2 N–H and O–H groups in total. The van der Waals surface area contributed by atoms with Crippen LogP contribution in [0.5, 0.6) is 28.7 Å². The number of phenols is 2. The summed E-state index contributed by atoms with van der Waals surface area (Å²) in [4.78, 5) is 12.6. The molecule has 1 atom stereocenters. The van der Waals surface area contributed by atoms with E-state index in [4.69, 9.17) is 60.6 Å². The van der Waals surface area contributed by atoms with Crippen molar-refractivity contribution in [2.24, 2.45) is 0 Å². The summed E-state index contributed by atoms with van der Waals surface area (Å²) in [7, 11) is 1.34. The van der Waals surface area contributed by atoms with Gasteiger partial charge < -0.3 is 24.4 Å². The number of halogens is 4. The number of aromatic hydroxyl groups is 2. The maximum atomic E-state index is 12.6. The molecule has 0 bridgehead atoms. The third-order valence-corrected chi connectivity index (χ3v) is 6.25. The third kappa shape index (κ3) is 3.50. The van der Waals surface area contributed by atoms with Crippen LogP contribution >= 0.6 is 46.4 Å². The molecule has 2 aromatic rings. The van der Waals surface area contributed by atoms with E-state index < -0.39 is 17.8 Å². The normalized spacial score (nSPS) is 15.2. The van der Waals surface area contributed by atoms with Gasteiger partial charge in [0.2, 0.25) is 0 Å². The van der Waals surface area contributed by atoms with Crippen LogP contribution in [0.2, 0.25) is 20.1 Å². The molecule has 0 saturated heterocycles. The van der Waals surface area contributed by atoms with Crippen molar-refractivity contribution < 1.29 is 29.2 Å². The van der Waals surface area contributed by atoms with Crippen molar-refractivity contribution in [1.82, 2.24) is 0 Å². The Morgan fingerprint density at radius 1 is 0.933 bits per heavy atom. The van der Waals surface area contributed by atoms with Crippen molar-refractivity contribution in [3.63, 3.8) is 0 Å². The number of methoxy groups -OCH3 is 1. The molecule has 0 aliphatic carbocycles. The molecule has 1 aliphatic heterocycles. The van der Waals surface area contributed by atoms with E-state index in [1.54, 1.807) is 6.92 Å². The smallest absolute Gasteiger partial charge is 0.343 e. The number of benzene rings is 2. The van der Waals surface area contributed by atoms with Crippen LogP contribution in [0.25, 0.3) is 0 Å². The van der Waals surface area contributed by atoms with Gasteiger partial charge in [-0.1, -0.05) is 66.7 Å². The number of hydrogen-bond acceptors (Lipinski definition) is 6. The lowest BCUT2D eigenvalue weighted by Gasteiger charge is -2.20. The zero-order valence-corrected chi connectivity index (χ0v) is 19.3. The van der Waals surface area contributed by atoms with Gasteiger partial charge in [-0.25, -0.2) is 4.79 Å². The Morgan fingerprint density at radius 3 is 2.10 bits per heavy atom. The maximum Gasteiger partial charge on any atom is 0.343 e. The number of phenolic OH excluding ortho intramolecular Hbond substituents is 2. The second-order valence-electron chi connectivity index (χ2n) is 6.57. The van der Waals surface area contributed by atoms with E-state index >= 15 is 0 Å². The van der Waals surface area contributed by atoms with E-state index in [2.05, 4.69) is 0 Å². The van der Waals surface area contributed by atoms with Gasteiger partial charge in [0.15, 0.2) is 28.7 Å². The summed E-state index contributed by atoms with van der Waals surface area (Å²) in [5, 5.41) is 20.2. The van der Waals surface area contributed by atoms with Crippen LogP contribution < -0.4 is 9.47 Å². The number of rotatable bonds is 6. The van der Waals surface area contributed by atoms with Gasteiger partial charge in [-0.3, -0.25) is 0 Å². The molecule has 0 radical (unpaired) electrons. The predicted molar refractivity (Wildman–Crippen MR) is 115 cm³/mol. The summed E-state index contributed by atoms with van der Waals surface area (Å²) >= 11 is 25.0. The predicted octanol–water partition coefficient (Wildman–Crippen LogP) is 7.09. The quantitative estimate of drug-likeness (QED) is 0.416. The van der Waals surface area contributed by atoms with Gasteiger partial charge in [0.25, 0.3) is 0 Å². The topological polar surface area (TPSA) is 85.2 Å². The minimum atomic E-state index is -0.692. The van der Waals surface area contributed by atoms with Crippen LogP contribution in [0.15, 0.2) is 0 Å². The Hall–Kier alpha value is -1.73. The number of carbonyl (C=O) groups is 1. The molecule has 1 aliphatic rings. The van der Waals surface area contributed by atoms with Crippen LogP contribution in [0, 0.1) is 0 Å². The number of hydrogen-bond donors (Lipinski definition) is 2. The van der Waals surface area contributed by atoms with Crippen molar-refractivity contribution >= 4 is 52.4 Å². The summed E-state index contributed by atoms with van der Waals surface area (Å²) in [6, 6.07) is 0. The van der Waals surface area contributed by atoms with Crippen molar-refractivity contribution in [3.05, 3.63) is 36.8 Å². The van der Waals surface area contributed by atoms with E-state index in [1.807, 2.05) is 6.92 Å². The lowest BCUT2D eigenvalue weighted by atomic mass is 10.0. The molecule has 10 heteroatoms. The zero-order valence-electron chi connectivity index (χ0n) is 16.2. The van der Waals surface area contributed by atoms with E-state index in [0.29, 0.717) is 24.8 Å². The summed E-state index contributed by atoms with van der Waals surface area (Å²) in [5.74, 6) is -1.60.